The van der Waals surface area contributed by atoms with Gasteiger partial charge in [0.05, 0.1) is 10.8 Å². The van der Waals surface area contributed by atoms with Crippen LogP contribution < -0.4 is 0 Å². The van der Waals surface area contributed by atoms with Gasteiger partial charge in [-0.25, -0.2) is 0 Å². The van der Waals surface area contributed by atoms with E-state index in [0.717, 1.165) is 25.7 Å². The number of alkyl halides is 6. The molecular formula is C29H48F6. The predicted molar refractivity (Wildman–Crippen MR) is 130 cm³/mol. The van der Waals surface area contributed by atoms with E-state index in [4.69, 9.17) is 0 Å². The second-order valence-corrected chi connectivity index (χ2v) is 14.1. The van der Waals surface area contributed by atoms with Gasteiger partial charge in [0.2, 0.25) is 0 Å². The van der Waals surface area contributed by atoms with Crippen molar-refractivity contribution in [2.75, 3.05) is 0 Å². The summed E-state index contributed by atoms with van der Waals surface area (Å²) in [4.78, 5) is 0. The Labute approximate surface area is 209 Å². The van der Waals surface area contributed by atoms with Gasteiger partial charge in [0, 0.05) is 0 Å². The van der Waals surface area contributed by atoms with Crippen molar-refractivity contribution in [2.24, 2.45) is 45.3 Å². The molecule has 3 rings (SSSR count). The van der Waals surface area contributed by atoms with Gasteiger partial charge in [-0.3, -0.25) is 0 Å². The number of rotatable bonds is 5. The average Bonchev–Trinajstić information content (AvgIpc) is 2.74. The maximum Gasteiger partial charge on any atom is 0.394 e. The Kier molecular flexibility index (Phi) is 8.09. The van der Waals surface area contributed by atoms with E-state index in [2.05, 4.69) is 34.6 Å². The largest absolute Gasteiger partial charge is 0.394 e. The smallest absolute Gasteiger partial charge is 0.171 e. The first kappa shape index (κ1) is 29.1. The Morgan fingerprint density at radius 1 is 0.743 bits per heavy atom. The summed E-state index contributed by atoms with van der Waals surface area (Å²) in [7, 11) is 0. The number of hydrogen-bond donors (Lipinski definition) is 0. The lowest BCUT2D eigenvalue weighted by atomic mass is 9.52. The maximum atomic E-state index is 14.4. The zero-order valence-corrected chi connectivity index (χ0v) is 22.8. The lowest BCUT2D eigenvalue weighted by Crippen LogP contribution is -2.47. The second kappa shape index (κ2) is 9.71. The van der Waals surface area contributed by atoms with Crippen molar-refractivity contribution in [2.45, 2.75) is 137 Å². The summed E-state index contributed by atoms with van der Waals surface area (Å²) in [5.74, 6) is 0.993. The fourth-order valence-corrected chi connectivity index (χ4v) is 7.84. The van der Waals surface area contributed by atoms with Crippen LogP contribution in [0.25, 0.3) is 0 Å². The van der Waals surface area contributed by atoms with Crippen molar-refractivity contribution < 1.29 is 26.3 Å². The normalized spacial score (nSPS) is 45.9. The summed E-state index contributed by atoms with van der Waals surface area (Å²) in [5, 5.41) is 0. The summed E-state index contributed by atoms with van der Waals surface area (Å²) >= 11 is 0. The standard InChI is InChI=1S/C29H48F6/c1-7-25(5)17-22(18-27(29(33,34)35)10-8-20(2)9-11-27)21(3)16-23(25)19-24(4)12-14-26(6,15-13-24)28(30,31)32/h20-23H,7-19H2,1-6H3/t20-,21-,22?,23?,24-,25+,26+,27-/m1/s1. The van der Waals surface area contributed by atoms with E-state index < -0.39 is 23.2 Å². The van der Waals surface area contributed by atoms with Gasteiger partial charge in [-0.2, -0.15) is 26.3 Å². The molecule has 0 N–H and O–H groups in total. The van der Waals surface area contributed by atoms with Crippen LogP contribution in [0.4, 0.5) is 26.3 Å². The zero-order valence-electron chi connectivity index (χ0n) is 22.8. The summed E-state index contributed by atoms with van der Waals surface area (Å²) in [5.41, 5.74) is -3.31. The van der Waals surface area contributed by atoms with Crippen molar-refractivity contribution in [3.05, 3.63) is 0 Å². The zero-order chi connectivity index (χ0) is 26.5. The quantitative estimate of drug-likeness (QED) is 0.323. The Hall–Kier alpha value is -0.420. The molecule has 3 aliphatic carbocycles. The highest BCUT2D eigenvalue weighted by atomic mass is 19.4. The highest BCUT2D eigenvalue weighted by molar-refractivity contribution is 5.00. The molecule has 0 radical (unpaired) electrons. The molecular weight excluding hydrogens is 462 g/mol. The van der Waals surface area contributed by atoms with Gasteiger partial charge >= 0.3 is 12.4 Å². The molecule has 0 aromatic carbocycles. The van der Waals surface area contributed by atoms with Crippen LogP contribution in [-0.2, 0) is 0 Å². The lowest BCUT2D eigenvalue weighted by Gasteiger charge is -2.54. The van der Waals surface area contributed by atoms with Gasteiger partial charge in [0.1, 0.15) is 0 Å². The minimum absolute atomic E-state index is 0.0546. The van der Waals surface area contributed by atoms with E-state index in [9.17, 15) is 26.3 Å². The molecule has 3 saturated carbocycles. The van der Waals surface area contributed by atoms with E-state index in [1.54, 1.807) is 0 Å². The molecule has 35 heavy (non-hydrogen) atoms. The van der Waals surface area contributed by atoms with E-state index in [0.29, 0.717) is 37.5 Å². The van der Waals surface area contributed by atoms with Crippen LogP contribution in [-0.4, -0.2) is 12.4 Å². The van der Waals surface area contributed by atoms with Crippen LogP contribution in [0.15, 0.2) is 0 Å². The van der Waals surface area contributed by atoms with E-state index >= 15 is 0 Å². The van der Waals surface area contributed by atoms with E-state index in [1.807, 2.05) is 0 Å². The van der Waals surface area contributed by atoms with Crippen LogP contribution >= 0.6 is 0 Å². The summed E-state index contributed by atoms with van der Waals surface area (Å²) in [6.07, 6.45) is -1.26. The molecule has 0 heterocycles. The van der Waals surface area contributed by atoms with Crippen molar-refractivity contribution in [3.8, 4) is 0 Å². The minimum Gasteiger partial charge on any atom is -0.171 e. The summed E-state index contributed by atoms with van der Waals surface area (Å²) < 4.78 is 83.8. The molecule has 206 valence electrons. The molecule has 0 aromatic rings. The van der Waals surface area contributed by atoms with Crippen molar-refractivity contribution >= 4 is 0 Å². The highest BCUT2D eigenvalue weighted by Crippen LogP contribution is 2.61. The van der Waals surface area contributed by atoms with Crippen LogP contribution in [0.5, 0.6) is 0 Å². The Balaban J connectivity index is 1.72. The Bertz CT molecular complexity index is 706. The average molecular weight is 511 g/mol. The first-order valence-electron chi connectivity index (χ1n) is 14.0. The maximum absolute atomic E-state index is 14.4. The topological polar surface area (TPSA) is 0 Å². The van der Waals surface area contributed by atoms with E-state index in [1.165, 1.54) is 6.92 Å². The van der Waals surface area contributed by atoms with Gasteiger partial charge in [0.15, 0.2) is 0 Å². The molecule has 6 heteroatoms. The minimum atomic E-state index is -4.16. The lowest BCUT2D eigenvalue weighted by molar-refractivity contribution is -0.246. The monoisotopic (exact) mass is 510 g/mol. The van der Waals surface area contributed by atoms with E-state index in [-0.39, 0.29) is 54.8 Å². The van der Waals surface area contributed by atoms with Crippen LogP contribution in [0.2, 0.25) is 0 Å². The van der Waals surface area contributed by atoms with Gasteiger partial charge < -0.3 is 0 Å². The molecule has 0 nitrogen and oxygen atoms in total. The first-order chi connectivity index (χ1) is 15.9. The second-order valence-electron chi connectivity index (χ2n) is 14.1. The molecule has 2 unspecified atom stereocenters. The SMILES string of the molecule is CC[C@@]1(C)CC(C[C@]2(C(F)(F)F)CC[C@H](C)CC2)[C@H](C)CC1C[C@]1(C)CC[C@](C)(C(F)(F)F)CC1. The van der Waals surface area contributed by atoms with Gasteiger partial charge in [0.25, 0.3) is 0 Å². The molecule has 4 atom stereocenters. The third-order valence-electron chi connectivity index (χ3n) is 11.5. The van der Waals surface area contributed by atoms with Gasteiger partial charge in [-0.1, -0.05) is 48.0 Å². The molecule has 0 aromatic heterocycles. The fraction of sp³-hybridized carbons (Fsp3) is 1.00. The molecule has 0 bridgehead atoms. The fourth-order valence-electron chi connectivity index (χ4n) is 7.84. The Morgan fingerprint density at radius 3 is 1.74 bits per heavy atom. The third-order valence-corrected chi connectivity index (χ3v) is 11.5. The predicted octanol–water partition coefficient (Wildman–Crippen LogP) is 10.8. The number of halogens is 6. The first-order valence-corrected chi connectivity index (χ1v) is 14.0. The molecule has 0 spiro atoms. The van der Waals surface area contributed by atoms with Crippen molar-refractivity contribution in [3.63, 3.8) is 0 Å². The van der Waals surface area contributed by atoms with Crippen LogP contribution in [0, 0.1) is 45.3 Å². The Morgan fingerprint density at radius 2 is 1.29 bits per heavy atom. The summed E-state index contributed by atoms with van der Waals surface area (Å²) in [6, 6.07) is 0. The van der Waals surface area contributed by atoms with Gasteiger partial charge in [-0.05, 0) is 112 Å². The molecule has 0 amide bonds. The van der Waals surface area contributed by atoms with Gasteiger partial charge in [-0.15, -0.1) is 0 Å². The van der Waals surface area contributed by atoms with Crippen LogP contribution in [0.1, 0.15) is 125 Å². The molecule has 3 aliphatic rings. The number of hydrogen-bond acceptors (Lipinski definition) is 0. The van der Waals surface area contributed by atoms with Crippen molar-refractivity contribution in [1.29, 1.82) is 0 Å². The summed E-state index contributed by atoms with van der Waals surface area (Å²) in [6.45, 7) is 12.1. The van der Waals surface area contributed by atoms with Crippen LogP contribution in [0.3, 0.4) is 0 Å². The highest BCUT2D eigenvalue weighted by Gasteiger charge is 2.58. The van der Waals surface area contributed by atoms with Crippen molar-refractivity contribution in [1.82, 2.24) is 0 Å². The third kappa shape index (κ3) is 5.86. The molecule has 0 saturated heterocycles. The molecule has 3 fully saturated rings. The molecule has 0 aliphatic heterocycles.